The van der Waals surface area contributed by atoms with Crippen LogP contribution in [0.3, 0.4) is 0 Å². The van der Waals surface area contributed by atoms with E-state index in [1.807, 2.05) is 0 Å². The number of methoxy groups -OCH3 is 1. The summed E-state index contributed by atoms with van der Waals surface area (Å²) in [4.78, 5) is 22.0. The van der Waals surface area contributed by atoms with E-state index in [1.54, 1.807) is 31.1 Å². The minimum atomic E-state index is -0.331. The molecule has 2 aromatic rings. The van der Waals surface area contributed by atoms with Crippen molar-refractivity contribution in [2.75, 3.05) is 31.4 Å². The third kappa shape index (κ3) is 3.91. The predicted octanol–water partition coefficient (Wildman–Crippen LogP) is 1.87. The van der Waals surface area contributed by atoms with Crippen LogP contribution in [0.5, 0.6) is 6.01 Å². The molecular weight excluding hydrogens is 287 g/mol. The fraction of sp³-hybridized carbons (Fsp3) is 0.267. The smallest absolute Gasteiger partial charge is 0.318 e. The van der Waals surface area contributed by atoms with E-state index in [2.05, 4.69) is 15.3 Å². The topological polar surface area (TPSA) is 67.3 Å². The van der Waals surface area contributed by atoms with Crippen LogP contribution in [-0.4, -0.2) is 37.1 Å². The van der Waals surface area contributed by atoms with Gasteiger partial charge in [-0.3, -0.25) is 4.79 Å². The van der Waals surface area contributed by atoms with E-state index in [1.165, 1.54) is 25.4 Å². The fourth-order valence-corrected chi connectivity index (χ4v) is 1.87. The monoisotopic (exact) mass is 304 g/mol. The van der Waals surface area contributed by atoms with Crippen molar-refractivity contribution >= 4 is 17.4 Å². The highest BCUT2D eigenvalue weighted by atomic mass is 19.1. The summed E-state index contributed by atoms with van der Waals surface area (Å²) < 4.78 is 17.8. The maximum absolute atomic E-state index is 12.8. The normalized spacial score (nSPS) is 10.2. The largest absolute Gasteiger partial charge is 0.467 e. The van der Waals surface area contributed by atoms with Gasteiger partial charge in [0.2, 0.25) is 5.91 Å². The van der Waals surface area contributed by atoms with E-state index in [4.69, 9.17) is 4.74 Å². The van der Waals surface area contributed by atoms with Gasteiger partial charge in [0.05, 0.1) is 19.7 Å². The quantitative estimate of drug-likeness (QED) is 0.913. The molecule has 0 bridgehead atoms. The molecule has 1 N–H and O–H groups in total. The number of nitrogens with one attached hydrogen (secondary N) is 1. The van der Waals surface area contributed by atoms with Gasteiger partial charge in [-0.2, -0.15) is 4.98 Å². The third-order valence-corrected chi connectivity index (χ3v) is 2.90. The van der Waals surface area contributed by atoms with Crippen molar-refractivity contribution in [2.24, 2.45) is 0 Å². The van der Waals surface area contributed by atoms with Crippen molar-refractivity contribution in [1.82, 2.24) is 9.97 Å². The summed E-state index contributed by atoms with van der Waals surface area (Å²) in [6, 6.07) is 6.02. The molecule has 0 aliphatic carbocycles. The summed E-state index contributed by atoms with van der Waals surface area (Å²) in [6.45, 7) is 0. The first-order valence-corrected chi connectivity index (χ1v) is 6.62. The van der Waals surface area contributed by atoms with Crippen molar-refractivity contribution in [3.8, 4) is 6.01 Å². The minimum absolute atomic E-state index is 0.138. The maximum Gasteiger partial charge on any atom is 0.318 e. The Balaban J connectivity index is 2.12. The van der Waals surface area contributed by atoms with E-state index in [-0.39, 0.29) is 24.2 Å². The molecular formula is C15H17FN4O2. The summed E-state index contributed by atoms with van der Waals surface area (Å²) in [5, 5.41) is 2.75. The van der Waals surface area contributed by atoms with Gasteiger partial charge in [-0.25, -0.2) is 9.37 Å². The number of aromatic nitrogens is 2. The highest BCUT2D eigenvalue weighted by Gasteiger charge is 2.13. The molecule has 0 aliphatic rings. The van der Waals surface area contributed by atoms with Gasteiger partial charge in [-0.15, -0.1) is 0 Å². The van der Waals surface area contributed by atoms with Crippen molar-refractivity contribution < 1.29 is 13.9 Å². The van der Waals surface area contributed by atoms with Gasteiger partial charge >= 0.3 is 6.01 Å². The predicted molar refractivity (Wildman–Crippen MR) is 81.6 cm³/mol. The van der Waals surface area contributed by atoms with E-state index < -0.39 is 0 Å². The molecule has 22 heavy (non-hydrogen) atoms. The van der Waals surface area contributed by atoms with Gasteiger partial charge in [-0.05, 0) is 17.7 Å². The molecule has 0 saturated carbocycles. The van der Waals surface area contributed by atoms with E-state index in [0.717, 1.165) is 5.56 Å². The SMILES string of the molecule is COc1ncc(NC(=O)Cc2ccc(F)cc2)c(N(C)C)n1. The van der Waals surface area contributed by atoms with Crippen LogP contribution in [-0.2, 0) is 11.2 Å². The lowest BCUT2D eigenvalue weighted by Gasteiger charge is -2.16. The molecule has 0 atom stereocenters. The Morgan fingerprint density at radius 2 is 2.00 bits per heavy atom. The molecule has 2 rings (SSSR count). The molecule has 1 heterocycles. The van der Waals surface area contributed by atoms with E-state index in [0.29, 0.717) is 11.5 Å². The van der Waals surface area contributed by atoms with Crippen LogP contribution in [0.15, 0.2) is 30.5 Å². The van der Waals surface area contributed by atoms with Crippen LogP contribution < -0.4 is 15.0 Å². The van der Waals surface area contributed by atoms with Gasteiger partial charge in [0, 0.05) is 14.1 Å². The van der Waals surface area contributed by atoms with Gasteiger partial charge in [0.25, 0.3) is 0 Å². The van der Waals surface area contributed by atoms with Crippen LogP contribution in [0.2, 0.25) is 0 Å². The summed E-state index contributed by atoms with van der Waals surface area (Å²) in [5.41, 5.74) is 1.21. The molecule has 0 fully saturated rings. The summed E-state index contributed by atoms with van der Waals surface area (Å²) in [6.07, 6.45) is 1.63. The summed E-state index contributed by atoms with van der Waals surface area (Å²) in [7, 11) is 5.08. The molecule has 0 saturated heterocycles. The first kappa shape index (κ1) is 15.7. The van der Waals surface area contributed by atoms with Crippen LogP contribution >= 0.6 is 0 Å². The van der Waals surface area contributed by atoms with Gasteiger partial charge < -0.3 is 15.0 Å². The molecule has 6 nitrogen and oxygen atoms in total. The number of hydrogen-bond donors (Lipinski definition) is 1. The number of rotatable bonds is 5. The van der Waals surface area contributed by atoms with Crippen molar-refractivity contribution in [3.05, 3.63) is 41.8 Å². The average Bonchev–Trinajstić information content (AvgIpc) is 2.49. The molecule has 116 valence electrons. The Bertz CT molecular complexity index is 659. The van der Waals surface area contributed by atoms with Crippen LogP contribution in [0, 0.1) is 5.82 Å². The van der Waals surface area contributed by atoms with Crippen molar-refractivity contribution in [3.63, 3.8) is 0 Å². The highest BCUT2D eigenvalue weighted by Crippen LogP contribution is 2.23. The zero-order chi connectivity index (χ0) is 16.1. The number of anilines is 2. The van der Waals surface area contributed by atoms with E-state index in [9.17, 15) is 9.18 Å². The average molecular weight is 304 g/mol. The lowest BCUT2D eigenvalue weighted by Crippen LogP contribution is -2.19. The number of nitrogens with zero attached hydrogens (tertiary/aromatic N) is 3. The first-order chi connectivity index (χ1) is 10.5. The van der Waals surface area contributed by atoms with Gasteiger partial charge in [0.15, 0.2) is 5.82 Å². The number of carbonyl (C=O) groups excluding carboxylic acids is 1. The molecule has 0 unspecified atom stereocenters. The minimum Gasteiger partial charge on any atom is -0.467 e. The number of ether oxygens (including phenoxy) is 1. The second kappa shape index (κ2) is 6.84. The van der Waals surface area contributed by atoms with Crippen LogP contribution in [0.4, 0.5) is 15.9 Å². The number of benzene rings is 1. The second-order valence-electron chi connectivity index (χ2n) is 4.84. The van der Waals surface area contributed by atoms with Crippen LogP contribution in [0.25, 0.3) is 0 Å². The first-order valence-electron chi connectivity index (χ1n) is 6.62. The Labute approximate surface area is 128 Å². The fourth-order valence-electron chi connectivity index (χ4n) is 1.87. The van der Waals surface area contributed by atoms with Gasteiger partial charge in [-0.1, -0.05) is 12.1 Å². The van der Waals surface area contributed by atoms with E-state index >= 15 is 0 Å². The third-order valence-electron chi connectivity index (χ3n) is 2.90. The van der Waals surface area contributed by atoms with Gasteiger partial charge in [0.1, 0.15) is 11.5 Å². The zero-order valence-corrected chi connectivity index (χ0v) is 12.6. The highest BCUT2D eigenvalue weighted by molar-refractivity contribution is 5.94. The number of hydrogen-bond acceptors (Lipinski definition) is 5. The Morgan fingerprint density at radius 3 is 2.59 bits per heavy atom. The summed E-state index contributed by atoms with van der Waals surface area (Å²) in [5.74, 6) is -0.0228. The lowest BCUT2D eigenvalue weighted by molar-refractivity contribution is -0.115. The number of carbonyl (C=O) groups is 1. The Hall–Kier alpha value is -2.70. The zero-order valence-electron chi connectivity index (χ0n) is 12.6. The van der Waals surface area contributed by atoms with Crippen LogP contribution in [0.1, 0.15) is 5.56 Å². The number of halogens is 1. The lowest BCUT2D eigenvalue weighted by atomic mass is 10.1. The maximum atomic E-state index is 12.8. The summed E-state index contributed by atoms with van der Waals surface area (Å²) >= 11 is 0. The Morgan fingerprint density at radius 1 is 1.32 bits per heavy atom. The van der Waals surface area contributed by atoms with Crippen molar-refractivity contribution in [1.29, 1.82) is 0 Å². The molecule has 0 radical (unpaired) electrons. The second-order valence-corrected chi connectivity index (χ2v) is 4.84. The molecule has 1 aromatic heterocycles. The molecule has 1 aromatic carbocycles. The molecule has 1 amide bonds. The Kier molecular flexibility index (Phi) is 4.88. The van der Waals surface area contributed by atoms with Crippen molar-refractivity contribution in [2.45, 2.75) is 6.42 Å². The molecule has 0 aliphatic heterocycles. The molecule has 0 spiro atoms. The number of amides is 1. The molecule has 7 heteroatoms. The standard InChI is InChI=1S/C15H17FN4O2/c1-20(2)14-12(9-17-15(19-14)22-3)18-13(21)8-10-4-6-11(16)7-5-10/h4-7,9H,8H2,1-3H3,(H,18,21).